The summed E-state index contributed by atoms with van der Waals surface area (Å²) in [6.07, 6.45) is 4.58. The molecule has 1 atom stereocenters. The van der Waals surface area contributed by atoms with Crippen LogP contribution in [0, 0.1) is 16.0 Å². The van der Waals surface area contributed by atoms with Crippen LogP contribution in [0.4, 0.5) is 11.4 Å². The van der Waals surface area contributed by atoms with Gasteiger partial charge in [-0.15, -0.1) is 0 Å². The van der Waals surface area contributed by atoms with E-state index in [1.165, 1.54) is 18.2 Å². The third kappa shape index (κ3) is 5.03. The predicted octanol–water partition coefficient (Wildman–Crippen LogP) is 3.49. The molecule has 0 bridgehead atoms. The van der Waals surface area contributed by atoms with Crippen LogP contribution < -0.4 is 5.32 Å². The molecule has 2 aromatic carbocycles. The van der Waals surface area contributed by atoms with Crippen LogP contribution in [-0.4, -0.2) is 34.7 Å². The number of anilines is 1. The van der Waals surface area contributed by atoms with Crippen LogP contribution in [0.1, 0.15) is 18.4 Å². The molecule has 28 heavy (non-hydrogen) atoms. The van der Waals surface area contributed by atoms with Crippen molar-refractivity contribution in [1.29, 1.82) is 0 Å². The highest BCUT2D eigenvalue weighted by molar-refractivity contribution is 5.95. The number of non-ortho nitro benzene ring substituents is 1. The normalized spacial score (nSPS) is 16.7. The molecular weight excluding hydrogens is 358 g/mol. The maximum Gasteiger partial charge on any atom is 0.269 e. The van der Waals surface area contributed by atoms with Gasteiger partial charge in [-0.25, -0.2) is 0 Å². The molecule has 0 saturated carbocycles. The largest absolute Gasteiger partial charge is 0.338 e. The molecule has 2 aromatic rings. The number of carbonyl (C=O) groups excluding carboxylic acids is 2. The second-order valence-corrected chi connectivity index (χ2v) is 6.66. The molecule has 0 aromatic heterocycles. The Morgan fingerprint density at radius 3 is 2.50 bits per heavy atom. The van der Waals surface area contributed by atoms with E-state index in [9.17, 15) is 19.7 Å². The number of piperidine rings is 1. The van der Waals surface area contributed by atoms with Crippen LogP contribution in [0.15, 0.2) is 60.7 Å². The molecule has 1 fully saturated rings. The number of benzene rings is 2. The molecule has 1 aliphatic rings. The predicted molar refractivity (Wildman–Crippen MR) is 107 cm³/mol. The first-order chi connectivity index (χ1) is 13.5. The van der Waals surface area contributed by atoms with Gasteiger partial charge in [0.2, 0.25) is 11.8 Å². The van der Waals surface area contributed by atoms with E-state index in [4.69, 9.17) is 0 Å². The summed E-state index contributed by atoms with van der Waals surface area (Å²) in [6.45, 7) is 0.987. The Kier molecular flexibility index (Phi) is 6.16. The number of amides is 2. The first kappa shape index (κ1) is 19.3. The van der Waals surface area contributed by atoms with Crippen LogP contribution >= 0.6 is 0 Å². The first-order valence-corrected chi connectivity index (χ1v) is 9.10. The van der Waals surface area contributed by atoms with E-state index >= 15 is 0 Å². The van der Waals surface area contributed by atoms with Gasteiger partial charge in [0, 0.05) is 37.0 Å². The van der Waals surface area contributed by atoms with Gasteiger partial charge in [0.15, 0.2) is 0 Å². The smallest absolute Gasteiger partial charge is 0.269 e. The summed E-state index contributed by atoms with van der Waals surface area (Å²) in [6, 6.07) is 15.2. The van der Waals surface area contributed by atoms with E-state index in [0.29, 0.717) is 18.7 Å². The summed E-state index contributed by atoms with van der Waals surface area (Å²) >= 11 is 0. The van der Waals surface area contributed by atoms with Crippen LogP contribution in [0.5, 0.6) is 0 Å². The van der Waals surface area contributed by atoms with Gasteiger partial charge in [-0.2, -0.15) is 0 Å². The molecule has 1 saturated heterocycles. The van der Waals surface area contributed by atoms with Gasteiger partial charge in [-0.3, -0.25) is 19.7 Å². The van der Waals surface area contributed by atoms with Crippen molar-refractivity contribution in [1.82, 2.24) is 4.90 Å². The lowest BCUT2D eigenvalue weighted by atomic mass is 9.97. The zero-order valence-corrected chi connectivity index (χ0v) is 15.3. The maximum atomic E-state index is 12.5. The average molecular weight is 379 g/mol. The van der Waals surface area contributed by atoms with Crippen LogP contribution in [0.3, 0.4) is 0 Å². The number of hydrogen-bond donors (Lipinski definition) is 1. The Morgan fingerprint density at radius 1 is 1.11 bits per heavy atom. The fourth-order valence-corrected chi connectivity index (χ4v) is 3.14. The van der Waals surface area contributed by atoms with Crippen molar-refractivity contribution < 1.29 is 14.5 Å². The van der Waals surface area contributed by atoms with Crippen LogP contribution in [0.25, 0.3) is 6.08 Å². The van der Waals surface area contributed by atoms with Gasteiger partial charge in [-0.1, -0.05) is 18.2 Å². The fraction of sp³-hybridized carbons (Fsp3) is 0.238. The van der Waals surface area contributed by atoms with Crippen molar-refractivity contribution in [3.05, 3.63) is 76.4 Å². The zero-order valence-electron chi connectivity index (χ0n) is 15.3. The molecule has 0 spiro atoms. The molecule has 3 rings (SSSR count). The van der Waals surface area contributed by atoms with Crippen LogP contribution in [0.2, 0.25) is 0 Å². The molecule has 1 heterocycles. The van der Waals surface area contributed by atoms with Gasteiger partial charge in [0.05, 0.1) is 10.8 Å². The van der Waals surface area contributed by atoms with E-state index in [1.807, 2.05) is 30.3 Å². The third-order valence-electron chi connectivity index (χ3n) is 4.67. The maximum absolute atomic E-state index is 12.5. The molecule has 7 heteroatoms. The lowest BCUT2D eigenvalue weighted by Gasteiger charge is -2.31. The second-order valence-electron chi connectivity index (χ2n) is 6.66. The van der Waals surface area contributed by atoms with Gasteiger partial charge < -0.3 is 10.2 Å². The quantitative estimate of drug-likeness (QED) is 0.489. The minimum Gasteiger partial charge on any atom is -0.338 e. The summed E-state index contributed by atoms with van der Waals surface area (Å²) in [4.78, 5) is 36.8. The molecule has 1 aliphatic heterocycles. The van der Waals surface area contributed by atoms with E-state index < -0.39 is 4.92 Å². The number of nitrogens with zero attached hydrogens (tertiary/aromatic N) is 2. The second kappa shape index (κ2) is 8.94. The molecule has 0 radical (unpaired) electrons. The summed E-state index contributed by atoms with van der Waals surface area (Å²) in [5.41, 5.74) is 1.45. The summed E-state index contributed by atoms with van der Waals surface area (Å²) < 4.78 is 0. The summed E-state index contributed by atoms with van der Waals surface area (Å²) in [7, 11) is 0. The van der Waals surface area contributed by atoms with Crippen molar-refractivity contribution in [2.75, 3.05) is 18.4 Å². The number of nitrogens with one attached hydrogen (secondary N) is 1. The van der Waals surface area contributed by atoms with E-state index in [0.717, 1.165) is 18.5 Å². The Bertz CT molecular complexity index is 878. The lowest BCUT2D eigenvalue weighted by Crippen LogP contribution is -2.43. The SMILES string of the molecule is O=C(Nc1ccccc1)C1CCCN(C(=O)/C=C/c2ccc([N+](=O)[O-])cc2)C1. The highest BCUT2D eigenvalue weighted by Crippen LogP contribution is 2.20. The number of carbonyl (C=O) groups is 2. The molecule has 7 nitrogen and oxygen atoms in total. The van der Waals surface area contributed by atoms with Crippen molar-refractivity contribution in [3.8, 4) is 0 Å². The van der Waals surface area contributed by atoms with Gasteiger partial charge in [0.1, 0.15) is 0 Å². The Morgan fingerprint density at radius 2 is 1.82 bits per heavy atom. The van der Waals surface area contributed by atoms with Crippen molar-refractivity contribution in [2.45, 2.75) is 12.8 Å². The number of hydrogen-bond acceptors (Lipinski definition) is 4. The molecule has 1 unspecified atom stereocenters. The molecule has 1 N–H and O–H groups in total. The van der Waals surface area contributed by atoms with Gasteiger partial charge >= 0.3 is 0 Å². The Labute approximate surface area is 162 Å². The number of nitro groups is 1. The van der Waals surface area contributed by atoms with Gasteiger partial charge in [-0.05, 0) is 48.7 Å². The Hall–Kier alpha value is -3.48. The summed E-state index contributed by atoms with van der Waals surface area (Å²) in [5, 5.41) is 13.6. The van der Waals surface area contributed by atoms with E-state index in [-0.39, 0.29) is 23.4 Å². The standard InChI is InChI=1S/C21H21N3O4/c25-20(13-10-16-8-11-19(12-9-16)24(27)28)23-14-4-5-17(15-23)21(26)22-18-6-2-1-3-7-18/h1-3,6-13,17H,4-5,14-15H2,(H,22,26)/b13-10+. The minimum atomic E-state index is -0.465. The highest BCUT2D eigenvalue weighted by atomic mass is 16.6. The number of rotatable bonds is 5. The highest BCUT2D eigenvalue weighted by Gasteiger charge is 2.27. The topological polar surface area (TPSA) is 92.6 Å². The van der Waals surface area contributed by atoms with Crippen LogP contribution in [-0.2, 0) is 9.59 Å². The fourth-order valence-electron chi connectivity index (χ4n) is 3.14. The minimum absolute atomic E-state index is 0.00628. The zero-order chi connectivity index (χ0) is 19.9. The number of likely N-dealkylation sites (tertiary alicyclic amines) is 1. The first-order valence-electron chi connectivity index (χ1n) is 9.10. The number of nitro benzene ring substituents is 1. The summed E-state index contributed by atoms with van der Waals surface area (Å²) in [5.74, 6) is -0.496. The average Bonchev–Trinajstić information content (AvgIpc) is 2.73. The van der Waals surface area contributed by atoms with Gasteiger partial charge in [0.25, 0.3) is 5.69 Å². The molecular formula is C21H21N3O4. The molecule has 0 aliphatic carbocycles. The Balaban J connectivity index is 1.57. The van der Waals surface area contributed by atoms with Crippen molar-refractivity contribution in [2.24, 2.45) is 5.92 Å². The van der Waals surface area contributed by atoms with Crippen molar-refractivity contribution >= 4 is 29.3 Å². The van der Waals surface area contributed by atoms with E-state index in [1.54, 1.807) is 23.1 Å². The molecule has 2 amide bonds. The van der Waals surface area contributed by atoms with Crippen molar-refractivity contribution in [3.63, 3.8) is 0 Å². The number of para-hydroxylation sites is 1. The van der Waals surface area contributed by atoms with E-state index in [2.05, 4.69) is 5.32 Å². The molecule has 144 valence electrons. The monoisotopic (exact) mass is 379 g/mol. The lowest BCUT2D eigenvalue weighted by molar-refractivity contribution is -0.384. The third-order valence-corrected chi connectivity index (χ3v) is 4.67.